The molecule has 0 aliphatic heterocycles. The lowest BCUT2D eigenvalue weighted by Gasteiger charge is -2.34. The SMILES string of the molecule is CC/C=C/C=C/C=C/CCCCCCCC(=O)OC(COCCC(C(=O)[O-])[N+](C)(C)C)COC(=O)CCCCCCCCCCCCCCCCCCCCC. The fraction of sp³-hybridized carbons (Fsp3) is 0.812. The van der Waals surface area contributed by atoms with Crippen molar-refractivity contribution in [1.29, 1.82) is 0 Å². The van der Waals surface area contributed by atoms with Crippen molar-refractivity contribution in [1.82, 2.24) is 0 Å². The molecule has 2 unspecified atom stereocenters. The van der Waals surface area contributed by atoms with Crippen molar-refractivity contribution >= 4 is 17.9 Å². The molecule has 0 aliphatic rings. The van der Waals surface area contributed by atoms with Crippen LogP contribution in [0.2, 0.25) is 0 Å². The van der Waals surface area contributed by atoms with Crippen LogP contribution < -0.4 is 5.11 Å². The van der Waals surface area contributed by atoms with E-state index in [9.17, 15) is 19.5 Å². The van der Waals surface area contributed by atoms with Crippen LogP contribution >= 0.6 is 0 Å². The van der Waals surface area contributed by atoms with E-state index in [-0.39, 0.29) is 42.7 Å². The first-order chi connectivity index (χ1) is 27.1. The molecule has 0 N–H and O–H groups in total. The Morgan fingerprint density at radius 2 is 1.00 bits per heavy atom. The number of carboxylic acid groups (broad SMARTS) is 1. The lowest BCUT2D eigenvalue weighted by Crippen LogP contribution is -2.55. The zero-order valence-corrected chi connectivity index (χ0v) is 37.1. The zero-order valence-electron chi connectivity index (χ0n) is 37.1. The van der Waals surface area contributed by atoms with E-state index in [0.717, 1.165) is 64.2 Å². The second-order valence-corrected chi connectivity index (χ2v) is 16.7. The van der Waals surface area contributed by atoms with Crippen molar-refractivity contribution in [3.63, 3.8) is 0 Å². The van der Waals surface area contributed by atoms with Gasteiger partial charge in [-0.15, -0.1) is 0 Å². The fourth-order valence-electron chi connectivity index (χ4n) is 6.78. The van der Waals surface area contributed by atoms with Crippen molar-refractivity contribution < 1.29 is 38.2 Å². The van der Waals surface area contributed by atoms with Gasteiger partial charge in [0.15, 0.2) is 6.10 Å². The summed E-state index contributed by atoms with van der Waals surface area (Å²) in [5.41, 5.74) is 0. The van der Waals surface area contributed by atoms with Gasteiger partial charge in [-0.1, -0.05) is 185 Å². The Bertz CT molecular complexity index is 1020. The first-order valence-corrected chi connectivity index (χ1v) is 23.0. The Morgan fingerprint density at radius 1 is 0.554 bits per heavy atom. The first-order valence-electron chi connectivity index (χ1n) is 23.0. The van der Waals surface area contributed by atoms with Crippen LogP contribution in [0, 0.1) is 0 Å². The van der Waals surface area contributed by atoms with E-state index in [1.807, 2.05) is 6.08 Å². The Kier molecular flexibility index (Phi) is 37.7. The molecule has 56 heavy (non-hydrogen) atoms. The van der Waals surface area contributed by atoms with E-state index in [0.29, 0.717) is 12.8 Å². The van der Waals surface area contributed by atoms with Gasteiger partial charge in [0.25, 0.3) is 0 Å². The summed E-state index contributed by atoms with van der Waals surface area (Å²) < 4.78 is 17.2. The molecule has 0 saturated heterocycles. The summed E-state index contributed by atoms with van der Waals surface area (Å²) in [4.78, 5) is 36.9. The molecule has 0 aromatic rings. The number of carbonyl (C=O) groups is 3. The number of allylic oxidation sites excluding steroid dienone is 6. The molecule has 0 spiro atoms. The summed E-state index contributed by atoms with van der Waals surface area (Å²) >= 11 is 0. The van der Waals surface area contributed by atoms with Gasteiger partial charge >= 0.3 is 11.9 Å². The van der Waals surface area contributed by atoms with Gasteiger partial charge in [0, 0.05) is 19.3 Å². The van der Waals surface area contributed by atoms with Crippen LogP contribution in [0.3, 0.4) is 0 Å². The van der Waals surface area contributed by atoms with Gasteiger partial charge < -0.3 is 28.6 Å². The summed E-state index contributed by atoms with van der Waals surface area (Å²) in [6, 6.07) is -0.728. The highest BCUT2D eigenvalue weighted by Crippen LogP contribution is 2.16. The fourth-order valence-corrected chi connectivity index (χ4v) is 6.78. The van der Waals surface area contributed by atoms with Crippen LogP contribution in [0.5, 0.6) is 0 Å². The molecule has 0 bridgehead atoms. The molecule has 8 heteroatoms. The largest absolute Gasteiger partial charge is 0.544 e. The number of rotatable bonds is 41. The quantitative estimate of drug-likeness (QED) is 0.0263. The van der Waals surface area contributed by atoms with Crippen LogP contribution in [-0.4, -0.2) is 75.5 Å². The summed E-state index contributed by atoms with van der Waals surface area (Å²) in [6.45, 7) is 4.52. The maximum absolute atomic E-state index is 12.7. The molecule has 0 aromatic carbocycles. The summed E-state index contributed by atoms with van der Waals surface area (Å²) in [6.07, 6.45) is 44.6. The van der Waals surface area contributed by atoms with Crippen LogP contribution in [0.1, 0.15) is 200 Å². The average molecular weight is 790 g/mol. The van der Waals surface area contributed by atoms with E-state index < -0.39 is 18.1 Å². The van der Waals surface area contributed by atoms with Gasteiger partial charge in [-0.05, 0) is 32.1 Å². The number of carbonyl (C=O) groups excluding carboxylic acids is 3. The second kappa shape index (κ2) is 39.4. The maximum atomic E-state index is 12.7. The van der Waals surface area contributed by atoms with E-state index in [1.165, 1.54) is 103 Å². The van der Waals surface area contributed by atoms with Crippen LogP contribution in [0.25, 0.3) is 0 Å². The standard InChI is InChI=1S/C48H87NO7/c1-6-8-10-12-14-16-18-20-21-22-23-24-25-27-28-30-32-34-36-38-46(50)55-43-44(42-54-41-40-45(48(52)53)49(3,4)5)56-47(51)39-37-35-33-31-29-26-19-17-15-13-11-9-7-2/h9,11,13,15,17,19,44-45H,6-8,10,12,14,16,18,20-43H2,1-5H3/b11-9+,15-13+,19-17+. The monoisotopic (exact) mass is 790 g/mol. The number of quaternary nitrogens is 1. The van der Waals surface area contributed by atoms with Crippen LogP contribution in [-0.2, 0) is 28.6 Å². The number of hydrogen-bond acceptors (Lipinski definition) is 7. The minimum atomic E-state index is -1.13. The van der Waals surface area contributed by atoms with E-state index in [4.69, 9.17) is 14.2 Å². The van der Waals surface area contributed by atoms with Gasteiger partial charge in [0.2, 0.25) is 0 Å². The lowest BCUT2D eigenvalue weighted by atomic mass is 10.0. The minimum Gasteiger partial charge on any atom is -0.544 e. The number of likely N-dealkylation sites (N-methyl/N-ethyl adjacent to an activating group) is 1. The molecule has 8 nitrogen and oxygen atoms in total. The van der Waals surface area contributed by atoms with Gasteiger partial charge in [0.1, 0.15) is 12.6 Å². The normalized spacial score (nSPS) is 13.2. The number of hydrogen-bond donors (Lipinski definition) is 0. The number of carboxylic acids is 1. The van der Waals surface area contributed by atoms with Crippen LogP contribution in [0.4, 0.5) is 0 Å². The average Bonchev–Trinajstić information content (AvgIpc) is 3.15. The molecule has 0 saturated carbocycles. The number of esters is 2. The summed E-state index contributed by atoms with van der Waals surface area (Å²) in [7, 11) is 5.40. The van der Waals surface area contributed by atoms with E-state index in [1.54, 1.807) is 21.1 Å². The Balaban J connectivity index is 4.27. The van der Waals surface area contributed by atoms with Crippen molar-refractivity contribution in [2.45, 2.75) is 212 Å². The van der Waals surface area contributed by atoms with Crippen molar-refractivity contribution in [2.75, 3.05) is 41.0 Å². The summed E-state index contributed by atoms with van der Waals surface area (Å²) in [5.74, 6) is -1.75. The highest BCUT2D eigenvalue weighted by Gasteiger charge is 2.25. The topological polar surface area (TPSA) is 102 Å². The lowest BCUT2D eigenvalue weighted by molar-refractivity contribution is -0.889. The number of aliphatic carboxylic acids is 1. The van der Waals surface area contributed by atoms with Gasteiger partial charge in [-0.3, -0.25) is 9.59 Å². The molecule has 0 heterocycles. The molecular weight excluding hydrogens is 703 g/mol. The Morgan fingerprint density at radius 3 is 1.46 bits per heavy atom. The summed E-state index contributed by atoms with van der Waals surface area (Å²) in [5, 5.41) is 11.6. The first kappa shape index (κ1) is 53.6. The third kappa shape index (κ3) is 37.1. The van der Waals surface area contributed by atoms with Gasteiger partial charge in [-0.2, -0.15) is 0 Å². The van der Waals surface area contributed by atoms with E-state index >= 15 is 0 Å². The molecule has 0 rings (SSSR count). The van der Waals surface area contributed by atoms with Crippen molar-refractivity contribution in [3.05, 3.63) is 36.5 Å². The highest BCUT2D eigenvalue weighted by molar-refractivity contribution is 5.70. The third-order valence-corrected chi connectivity index (χ3v) is 10.4. The maximum Gasteiger partial charge on any atom is 0.306 e. The molecule has 0 aromatic heterocycles. The Hall–Kier alpha value is -2.45. The minimum absolute atomic E-state index is 0.0345. The Labute approximate surface area is 344 Å². The van der Waals surface area contributed by atoms with Crippen molar-refractivity contribution in [3.8, 4) is 0 Å². The molecule has 2 atom stereocenters. The smallest absolute Gasteiger partial charge is 0.306 e. The zero-order chi connectivity index (χ0) is 41.4. The highest BCUT2D eigenvalue weighted by atomic mass is 16.6. The molecular formula is C48H87NO7. The van der Waals surface area contributed by atoms with E-state index in [2.05, 4.69) is 44.2 Å². The molecule has 0 fully saturated rings. The number of ether oxygens (including phenoxy) is 3. The van der Waals surface area contributed by atoms with Crippen molar-refractivity contribution in [2.24, 2.45) is 0 Å². The third-order valence-electron chi connectivity index (χ3n) is 10.4. The molecule has 0 amide bonds. The molecule has 326 valence electrons. The van der Waals surface area contributed by atoms with Gasteiger partial charge in [-0.25, -0.2) is 0 Å². The number of nitrogens with zero attached hydrogens (tertiary/aromatic N) is 1. The van der Waals surface area contributed by atoms with Gasteiger partial charge in [0.05, 0.1) is 40.3 Å². The molecule has 0 radical (unpaired) electrons. The number of unbranched alkanes of at least 4 members (excludes halogenated alkanes) is 23. The predicted molar refractivity (Wildman–Crippen MR) is 231 cm³/mol. The van der Waals surface area contributed by atoms with Crippen LogP contribution in [0.15, 0.2) is 36.5 Å². The molecule has 0 aliphatic carbocycles. The predicted octanol–water partition coefficient (Wildman–Crippen LogP) is 11.3. The second-order valence-electron chi connectivity index (χ2n) is 16.7.